The number of rotatable bonds is 9. The van der Waals surface area contributed by atoms with E-state index in [1.807, 2.05) is 31.2 Å². The normalized spacial score (nSPS) is 15.3. The lowest BCUT2D eigenvalue weighted by atomic mass is 9.95. The molecule has 178 valence electrons. The molecule has 33 heavy (non-hydrogen) atoms. The quantitative estimate of drug-likeness (QED) is 0.472. The van der Waals surface area contributed by atoms with Crippen LogP contribution < -0.4 is 5.32 Å². The summed E-state index contributed by atoms with van der Waals surface area (Å²) < 4.78 is 0. The molecule has 1 saturated carbocycles. The second-order valence-electron chi connectivity index (χ2n) is 9.56. The Morgan fingerprint density at radius 1 is 0.939 bits per heavy atom. The lowest BCUT2D eigenvalue weighted by Crippen LogP contribution is -2.50. The van der Waals surface area contributed by atoms with E-state index in [0.717, 1.165) is 36.8 Å². The number of amides is 2. The highest BCUT2D eigenvalue weighted by atomic mass is 35.5. The van der Waals surface area contributed by atoms with Crippen molar-refractivity contribution in [2.75, 3.05) is 0 Å². The molecule has 0 saturated heterocycles. The van der Waals surface area contributed by atoms with Gasteiger partial charge in [-0.05, 0) is 60.9 Å². The van der Waals surface area contributed by atoms with Gasteiger partial charge in [0.15, 0.2) is 0 Å². The van der Waals surface area contributed by atoms with Crippen molar-refractivity contribution in [2.45, 2.75) is 90.3 Å². The van der Waals surface area contributed by atoms with E-state index in [1.165, 1.54) is 12.0 Å². The first-order valence-electron chi connectivity index (χ1n) is 12.3. The summed E-state index contributed by atoms with van der Waals surface area (Å²) in [6.45, 7) is 6.57. The predicted octanol–water partition coefficient (Wildman–Crippen LogP) is 6.26. The number of hydrogen-bond acceptors (Lipinski definition) is 2. The number of nitrogens with zero attached hydrogens (tertiary/aromatic N) is 1. The largest absolute Gasteiger partial charge is 0.352 e. The summed E-state index contributed by atoms with van der Waals surface area (Å²) in [4.78, 5) is 28.1. The van der Waals surface area contributed by atoms with E-state index in [2.05, 4.69) is 43.4 Å². The topological polar surface area (TPSA) is 49.4 Å². The van der Waals surface area contributed by atoms with Gasteiger partial charge in [-0.15, -0.1) is 0 Å². The zero-order valence-electron chi connectivity index (χ0n) is 20.1. The average molecular weight is 469 g/mol. The fraction of sp³-hybridized carbons (Fsp3) is 0.500. The fourth-order valence-corrected chi connectivity index (χ4v) is 4.53. The summed E-state index contributed by atoms with van der Waals surface area (Å²) in [7, 11) is 0. The maximum absolute atomic E-state index is 13.3. The van der Waals surface area contributed by atoms with Gasteiger partial charge in [0.2, 0.25) is 11.8 Å². The molecule has 0 spiro atoms. The van der Waals surface area contributed by atoms with Gasteiger partial charge >= 0.3 is 0 Å². The standard InChI is InChI=1S/C28H37ClN2O2/c1-20(2)24-14-9-22(10-15-24)13-18-27(32)31(19-23-11-16-25(29)17-12-23)21(3)28(33)30-26-7-5-4-6-8-26/h9-12,14-17,20-21,26H,4-8,13,18-19H2,1-3H3,(H,30,33)/t21-/m0/s1. The minimum atomic E-state index is -0.529. The van der Waals surface area contributed by atoms with Crippen LogP contribution in [0.3, 0.4) is 0 Å². The van der Waals surface area contributed by atoms with Gasteiger partial charge in [-0.3, -0.25) is 9.59 Å². The third-order valence-corrected chi connectivity index (χ3v) is 6.91. The van der Waals surface area contributed by atoms with E-state index in [4.69, 9.17) is 11.6 Å². The number of aryl methyl sites for hydroxylation is 1. The molecule has 0 unspecified atom stereocenters. The Kier molecular flexibility index (Phi) is 9.37. The zero-order chi connectivity index (χ0) is 23.8. The molecule has 0 radical (unpaired) electrons. The van der Waals surface area contributed by atoms with E-state index in [-0.39, 0.29) is 17.9 Å². The van der Waals surface area contributed by atoms with E-state index >= 15 is 0 Å². The van der Waals surface area contributed by atoms with Crippen molar-refractivity contribution in [1.82, 2.24) is 10.2 Å². The molecule has 1 N–H and O–H groups in total. The van der Waals surface area contributed by atoms with Gasteiger partial charge in [-0.2, -0.15) is 0 Å². The summed E-state index contributed by atoms with van der Waals surface area (Å²) in [6.07, 6.45) is 6.62. The first-order valence-corrected chi connectivity index (χ1v) is 12.6. The molecular formula is C28H37ClN2O2. The predicted molar refractivity (Wildman–Crippen MR) is 135 cm³/mol. The lowest BCUT2D eigenvalue weighted by molar-refractivity contribution is -0.141. The van der Waals surface area contributed by atoms with Crippen LogP contribution in [0.2, 0.25) is 5.02 Å². The summed E-state index contributed by atoms with van der Waals surface area (Å²) in [6, 6.07) is 15.6. The van der Waals surface area contributed by atoms with Gasteiger partial charge in [0, 0.05) is 24.0 Å². The Balaban J connectivity index is 1.68. The molecule has 2 aromatic carbocycles. The minimum absolute atomic E-state index is 0.0100. The molecule has 5 heteroatoms. The van der Waals surface area contributed by atoms with Gasteiger partial charge in [-0.1, -0.05) is 81.1 Å². The third kappa shape index (κ3) is 7.60. The first-order chi connectivity index (χ1) is 15.8. The first kappa shape index (κ1) is 25.3. The second-order valence-corrected chi connectivity index (χ2v) is 10.0. The average Bonchev–Trinajstić information content (AvgIpc) is 2.82. The molecule has 0 heterocycles. The number of hydrogen-bond donors (Lipinski definition) is 1. The molecular weight excluding hydrogens is 432 g/mol. The molecule has 3 rings (SSSR count). The summed E-state index contributed by atoms with van der Waals surface area (Å²) in [5.74, 6) is 0.411. The number of halogens is 1. The Morgan fingerprint density at radius 2 is 1.55 bits per heavy atom. The van der Waals surface area contributed by atoms with Crippen molar-refractivity contribution >= 4 is 23.4 Å². The van der Waals surface area contributed by atoms with Gasteiger partial charge in [0.05, 0.1) is 0 Å². The van der Waals surface area contributed by atoms with Crippen LogP contribution in [0, 0.1) is 0 Å². The third-order valence-electron chi connectivity index (χ3n) is 6.66. The molecule has 4 nitrogen and oxygen atoms in total. The van der Waals surface area contributed by atoms with E-state index in [1.54, 1.807) is 4.90 Å². The Bertz CT molecular complexity index is 902. The van der Waals surface area contributed by atoms with E-state index < -0.39 is 6.04 Å². The van der Waals surface area contributed by atoms with Crippen molar-refractivity contribution in [2.24, 2.45) is 0 Å². The van der Waals surface area contributed by atoms with Gasteiger partial charge in [-0.25, -0.2) is 0 Å². The van der Waals surface area contributed by atoms with Gasteiger partial charge in [0.25, 0.3) is 0 Å². The van der Waals surface area contributed by atoms with Crippen molar-refractivity contribution in [3.05, 3.63) is 70.2 Å². The Hall–Kier alpha value is -2.33. The smallest absolute Gasteiger partial charge is 0.242 e. The van der Waals surface area contributed by atoms with Crippen molar-refractivity contribution in [3.63, 3.8) is 0 Å². The van der Waals surface area contributed by atoms with Crippen LogP contribution in [-0.2, 0) is 22.6 Å². The van der Waals surface area contributed by atoms with Crippen LogP contribution in [0.25, 0.3) is 0 Å². The molecule has 0 aromatic heterocycles. The van der Waals surface area contributed by atoms with Crippen LogP contribution in [-0.4, -0.2) is 28.8 Å². The number of nitrogens with one attached hydrogen (secondary N) is 1. The Labute approximate surface area is 203 Å². The van der Waals surface area contributed by atoms with Gasteiger partial charge < -0.3 is 10.2 Å². The second kappa shape index (κ2) is 12.2. The highest BCUT2D eigenvalue weighted by Gasteiger charge is 2.28. The zero-order valence-corrected chi connectivity index (χ0v) is 20.9. The molecule has 0 aliphatic heterocycles. The maximum Gasteiger partial charge on any atom is 0.242 e. The maximum atomic E-state index is 13.3. The molecule has 1 fully saturated rings. The van der Waals surface area contributed by atoms with Crippen molar-refractivity contribution in [3.8, 4) is 0 Å². The molecule has 2 aromatic rings. The summed E-state index contributed by atoms with van der Waals surface area (Å²) >= 11 is 6.04. The molecule has 0 bridgehead atoms. The van der Waals surface area contributed by atoms with Gasteiger partial charge in [0.1, 0.15) is 6.04 Å². The van der Waals surface area contributed by atoms with Crippen LogP contribution in [0.5, 0.6) is 0 Å². The molecule has 1 aliphatic rings. The number of carbonyl (C=O) groups excluding carboxylic acids is 2. The van der Waals surface area contributed by atoms with Crippen LogP contribution in [0.1, 0.15) is 81.9 Å². The highest BCUT2D eigenvalue weighted by Crippen LogP contribution is 2.20. The SMILES string of the molecule is CC(C)c1ccc(CCC(=O)N(Cc2ccc(Cl)cc2)[C@@H](C)C(=O)NC2CCCCC2)cc1. The van der Waals surface area contributed by atoms with E-state index in [0.29, 0.717) is 30.3 Å². The number of benzene rings is 2. The fourth-order valence-electron chi connectivity index (χ4n) is 4.40. The summed E-state index contributed by atoms with van der Waals surface area (Å²) in [5.41, 5.74) is 3.40. The minimum Gasteiger partial charge on any atom is -0.352 e. The molecule has 1 aliphatic carbocycles. The monoisotopic (exact) mass is 468 g/mol. The van der Waals surface area contributed by atoms with E-state index in [9.17, 15) is 9.59 Å². The van der Waals surface area contributed by atoms with Crippen LogP contribution >= 0.6 is 11.6 Å². The Morgan fingerprint density at radius 3 is 2.15 bits per heavy atom. The number of carbonyl (C=O) groups is 2. The van der Waals surface area contributed by atoms with Crippen molar-refractivity contribution in [1.29, 1.82) is 0 Å². The van der Waals surface area contributed by atoms with Crippen LogP contribution in [0.4, 0.5) is 0 Å². The summed E-state index contributed by atoms with van der Waals surface area (Å²) in [5, 5.41) is 3.84. The lowest BCUT2D eigenvalue weighted by Gasteiger charge is -2.31. The molecule has 2 amide bonds. The molecule has 1 atom stereocenters. The van der Waals surface area contributed by atoms with Crippen molar-refractivity contribution < 1.29 is 9.59 Å². The highest BCUT2D eigenvalue weighted by molar-refractivity contribution is 6.30. The van der Waals surface area contributed by atoms with Crippen LogP contribution in [0.15, 0.2) is 48.5 Å².